The first-order chi connectivity index (χ1) is 24.5. The molecular weight excluding hydrogens is 735 g/mol. The molecule has 24 heteroatoms. The molecule has 0 spiro atoms. The molecule has 0 aromatic rings. The second-order valence-electron chi connectivity index (χ2n) is 9.29. The van der Waals surface area contributed by atoms with Crippen LogP contribution < -0.4 is 0 Å². The van der Waals surface area contributed by atoms with Gasteiger partial charge in [-0.05, 0) is 0 Å². The molecule has 21 nitrogen and oxygen atoms in total. The Labute approximate surface area is 294 Å². The molecule has 0 saturated heterocycles. The van der Waals surface area contributed by atoms with Gasteiger partial charge in [-0.3, -0.25) is 0 Å². The van der Waals surface area contributed by atoms with Crippen LogP contribution in [0.3, 0.4) is 0 Å². The minimum atomic E-state index is -3.80. The maximum absolute atomic E-state index is 9.16. The monoisotopic (exact) mass is 793 g/mol. The van der Waals surface area contributed by atoms with E-state index in [1.165, 1.54) is 0 Å². The Morgan fingerprint density at radius 1 is 0.300 bits per heavy atom. The highest BCUT2D eigenvalue weighted by Crippen LogP contribution is 2.80. The number of aliphatic hydroxyl groups excluding tert-OH is 4. The van der Waals surface area contributed by atoms with Crippen LogP contribution in [-0.2, 0) is 65.0 Å². The van der Waals surface area contributed by atoms with Crippen LogP contribution in [0.1, 0.15) is 0 Å². The van der Waals surface area contributed by atoms with Gasteiger partial charge in [0.15, 0.2) is 0 Å². The molecule has 300 valence electrons. The fraction of sp³-hybridized carbons (Fsp3) is 1.00. The van der Waals surface area contributed by atoms with E-state index in [1.807, 2.05) is 0 Å². The van der Waals surface area contributed by atoms with E-state index in [2.05, 4.69) is 0 Å². The van der Waals surface area contributed by atoms with Crippen molar-refractivity contribution in [3.63, 3.8) is 0 Å². The standard InChI is InChI=1S/C26H58N3O18P3/c1-34-11-13-40-19-25-46-49(44-23-17-38-9-5-32)27-48(42-21-15-36-7-3-30,43-22-16-37-8-4-31)28-50(29-49,45-24-18-39-10-6-33)47-26-20-41-14-12-35-2/h30-33H,3-26H2,1-2H3. The van der Waals surface area contributed by atoms with Gasteiger partial charge in [0.05, 0.1) is 159 Å². The number of aliphatic hydroxyl groups is 4. The summed E-state index contributed by atoms with van der Waals surface area (Å²) >= 11 is 0. The van der Waals surface area contributed by atoms with Crippen molar-refractivity contribution in [3.8, 4) is 0 Å². The normalized spacial score (nSPS) is 20.0. The van der Waals surface area contributed by atoms with Crippen LogP contribution in [0.4, 0.5) is 0 Å². The SMILES string of the molecule is COCCOCCOP1(OCCOCCO)=NP(OCCOCCO)(OCCOCCO)=NP(OCCOCCO)(OCCOCCOC)=N1. The molecule has 2 unspecified atom stereocenters. The quantitative estimate of drug-likeness (QED) is 0.0508. The molecule has 1 aliphatic heterocycles. The highest BCUT2D eigenvalue weighted by atomic mass is 31.3. The molecular formula is C26H58N3O18P3. The molecule has 0 aliphatic carbocycles. The van der Waals surface area contributed by atoms with Crippen LogP contribution in [0, 0.1) is 0 Å². The van der Waals surface area contributed by atoms with Crippen molar-refractivity contribution in [1.82, 2.24) is 0 Å². The van der Waals surface area contributed by atoms with Gasteiger partial charge in [-0.15, -0.1) is 13.5 Å². The molecule has 1 heterocycles. The molecule has 0 amide bonds. The molecule has 0 radical (unpaired) electrons. The summed E-state index contributed by atoms with van der Waals surface area (Å²) < 4.78 is 94.9. The molecule has 0 saturated carbocycles. The number of hydrogen-bond donors (Lipinski definition) is 4. The Hall–Kier alpha value is -0.0300. The van der Waals surface area contributed by atoms with Crippen LogP contribution in [0.25, 0.3) is 0 Å². The van der Waals surface area contributed by atoms with Crippen molar-refractivity contribution in [2.75, 3.05) is 173 Å². The van der Waals surface area contributed by atoms with Gasteiger partial charge in [0, 0.05) is 14.2 Å². The third-order valence-electron chi connectivity index (χ3n) is 5.41. The van der Waals surface area contributed by atoms with Crippen LogP contribution in [0.2, 0.25) is 0 Å². The molecule has 50 heavy (non-hydrogen) atoms. The third-order valence-corrected chi connectivity index (χ3v) is 13.9. The first-order valence-electron chi connectivity index (χ1n) is 16.2. The van der Waals surface area contributed by atoms with E-state index in [0.717, 1.165) is 0 Å². The Kier molecular flexibility index (Phi) is 31.1. The van der Waals surface area contributed by atoms with Gasteiger partial charge in [-0.25, -0.2) is 0 Å². The van der Waals surface area contributed by atoms with Gasteiger partial charge in [0.25, 0.3) is 0 Å². The van der Waals surface area contributed by atoms with E-state index in [9.17, 15) is 0 Å². The van der Waals surface area contributed by atoms with Crippen LogP contribution in [-0.4, -0.2) is 193 Å². The van der Waals surface area contributed by atoms with Crippen molar-refractivity contribution >= 4 is 23.0 Å². The summed E-state index contributed by atoms with van der Waals surface area (Å²) in [7, 11) is -8.26. The highest BCUT2D eigenvalue weighted by molar-refractivity contribution is 7.78. The third kappa shape index (κ3) is 22.9. The fourth-order valence-corrected chi connectivity index (χ4v) is 12.7. The zero-order valence-corrected chi connectivity index (χ0v) is 31.8. The minimum Gasteiger partial charge on any atom is -0.394 e. The maximum atomic E-state index is 9.16. The second kappa shape index (κ2) is 32.4. The van der Waals surface area contributed by atoms with Crippen LogP contribution in [0.5, 0.6) is 0 Å². The smallest absolute Gasteiger partial charge is 0.349 e. The average molecular weight is 794 g/mol. The summed E-state index contributed by atoms with van der Waals surface area (Å²) in [5.41, 5.74) is 0. The van der Waals surface area contributed by atoms with Crippen molar-refractivity contribution in [3.05, 3.63) is 0 Å². The van der Waals surface area contributed by atoms with Gasteiger partial charge in [-0.2, -0.15) is 0 Å². The average Bonchev–Trinajstić information content (AvgIpc) is 3.11. The van der Waals surface area contributed by atoms with Crippen LogP contribution >= 0.6 is 23.0 Å². The number of methoxy groups -OCH3 is 2. The zero-order chi connectivity index (χ0) is 36.5. The van der Waals surface area contributed by atoms with E-state index < -0.39 is 23.0 Å². The molecule has 0 bridgehead atoms. The molecule has 4 N–H and O–H groups in total. The lowest BCUT2D eigenvalue weighted by molar-refractivity contribution is 0.0459. The van der Waals surface area contributed by atoms with Gasteiger partial charge < -0.3 is 85.5 Å². The van der Waals surface area contributed by atoms with E-state index in [-0.39, 0.29) is 132 Å². The van der Waals surface area contributed by atoms with Gasteiger partial charge in [-0.1, -0.05) is 0 Å². The summed E-state index contributed by atoms with van der Waals surface area (Å²) in [5.74, 6) is 0. The molecule has 0 aromatic heterocycles. The van der Waals surface area contributed by atoms with E-state index in [4.69, 9.17) is 99.0 Å². The summed E-state index contributed by atoms with van der Waals surface area (Å²) in [6, 6.07) is 0. The Bertz CT molecular complexity index is 919. The van der Waals surface area contributed by atoms with Crippen molar-refractivity contribution in [1.29, 1.82) is 0 Å². The summed E-state index contributed by atoms with van der Waals surface area (Å²) in [6.45, 7) is 1.12. The molecule has 0 fully saturated rings. The Morgan fingerprint density at radius 3 is 0.700 bits per heavy atom. The Morgan fingerprint density at radius 2 is 0.500 bits per heavy atom. The number of ether oxygens (including phenoxy) is 8. The second-order valence-corrected chi connectivity index (χ2v) is 15.9. The molecule has 0 aromatic carbocycles. The molecule has 1 aliphatic rings. The lowest BCUT2D eigenvalue weighted by Gasteiger charge is -2.33. The summed E-state index contributed by atoms with van der Waals surface area (Å²) in [4.78, 5) is 0. The first-order valence-corrected chi connectivity index (χ1v) is 20.7. The summed E-state index contributed by atoms with van der Waals surface area (Å²) in [5, 5.41) is 36.6. The lowest BCUT2D eigenvalue weighted by atomic mass is 10.7. The van der Waals surface area contributed by atoms with E-state index in [0.29, 0.717) is 26.4 Å². The molecule has 1 rings (SSSR count). The Balaban J connectivity index is 3.71. The lowest BCUT2D eigenvalue weighted by Crippen LogP contribution is -2.14. The molecule has 2 atom stereocenters. The predicted molar refractivity (Wildman–Crippen MR) is 181 cm³/mol. The zero-order valence-electron chi connectivity index (χ0n) is 29.2. The first kappa shape index (κ1) is 48.0. The van der Waals surface area contributed by atoms with Gasteiger partial charge in [0.2, 0.25) is 0 Å². The largest absolute Gasteiger partial charge is 0.394 e. The van der Waals surface area contributed by atoms with Gasteiger partial charge in [0.1, 0.15) is 0 Å². The van der Waals surface area contributed by atoms with E-state index >= 15 is 0 Å². The topological polar surface area (TPSA) is 247 Å². The number of rotatable bonds is 38. The van der Waals surface area contributed by atoms with Crippen molar-refractivity contribution in [2.24, 2.45) is 13.5 Å². The van der Waals surface area contributed by atoms with Crippen LogP contribution in [0.15, 0.2) is 13.5 Å². The minimum absolute atomic E-state index is 0.0268. The van der Waals surface area contributed by atoms with Crippen molar-refractivity contribution < 1.29 is 85.5 Å². The van der Waals surface area contributed by atoms with Gasteiger partial charge >= 0.3 is 23.0 Å². The number of hydrogen-bond acceptors (Lipinski definition) is 21. The maximum Gasteiger partial charge on any atom is 0.349 e. The fourth-order valence-electron chi connectivity index (χ4n) is 3.35. The highest BCUT2D eigenvalue weighted by Gasteiger charge is 2.43. The van der Waals surface area contributed by atoms with E-state index in [1.54, 1.807) is 14.2 Å². The van der Waals surface area contributed by atoms with Crippen molar-refractivity contribution in [2.45, 2.75) is 0 Å². The predicted octanol–water partition coefficient (Wildman–Crippen LogP) is 1.30. The number of nitrogens with zero attached hydrogens (tertiary/aromatic N) is 3. The summed E-state index contributed by atoms with van der Waals surface area (Å²) in [6.07, 6.45) is 0.